The molecule has 0 unspecified atom stereocenters. The average molecular weight is 280 g/mol. The minimum Gasteiger partial charge on any atom is -0.395 e. The van der Waals surface area contributed by atoms with E-state index in [0.29, 0.717) is 18.2 Å². The van der Waals surface area contributed by atoms with Gasteiger partial charge in [0.25, 0.3) is 0 Å². The van der Waals surface area contributed by atoms with Crippen molar-refractivity contribution >= 4 is 16.5 Å². The van der Waals surface area contributed by atoms with Crippen LogP contribution in [0.3, 0.4) is 0 Å². The van der Waals surface area contributed by atoms with Crippen LogP contribution in [0, 0.1) is 11.3 Å². The van der Waals surface area contributed by atoms with Crippen molar-refractivity contribution in [1.29, 1.82) is 5.26 Å². The van der Waals surface area contributed by atoms with Gasteiger partial charge in [-0.2, -0.15) is 5.26 Å². The van der Waals surface area contributed by atoms with E-state index in [1.165, 1.54) is 25.7 Å². The van der Waals surface area contributed by atoms with Gasteiger partial charge in [0.05, 0.1) is 18.2 Å². The highest BCUT2D eigenvalue weighted by Crippen LogP contribution is 2.34. The van der Waals surface area contributed by atoms with Gasteiger partial charge in [0.2, 0.25) is 0 Å². The van der Waals surface area contributed by atoms with Gasteiger partial charge in [-0.3, -0.25) is 0 Å². The van der Waals surface area contributed by atoms with Crippen molar-refractivity contribution in [2.24, 2.45) is 0 Å². The highest BCUT2D eigenvalue weighted by atomic mass is 16.3. The van der Waals surface area contributed by atoms with E-state index in [9.17, 15) is 10.4 Å². The molecule has 3 heteroatoms. The van der Waals surface area contributed by atoms with Crippen LogP contribution in [0.2, 0.25) is 0 Å². The number of hydrogen-bond acceptors (Lipinski definition) is 3. The Morgan fingerprint density at radius 3 is 2.48 bits per heavy atom. The molecule has 1 fully saturated rings. The Bertz CT molecular complexity index is 668. The molecular weight excluding hydrogens is 260 g/mol. The van der Waals surface area contributed by atoms with Gasteiger partial charge in [0.15, 0.2) is 0 Å². The Labute approximate surface area is 125 Å². The van der Waals surface area contributed by atoms with Crippen molar-refractivity contribution in [2.45, 2.75) is 31.7 Å². The van der Waals surface area contributed by atoms with Gasteiger partial charge in [0.1, 0.15) is 0 Å². The van der Waals surface area contributed by atoms with Crippen molar-refractivity contribution in [2.75, 3.05) is 18.1 Å². The Morgan fingerprint density at radius 1 is 1.10 bits per heavy atom. The van der Waals surface area contributed by atoms with Crippen LogP contribution in [0.25, 0.3) is 10.8 Å². The van der Waals surface area contributed by atoms with E-state index >= 15 is 0 Å². The molecule has 0 heterocycles. The van der Waals surface area contributed by atoms with Crippen molar-refractivity contribution in [3.05, 3.63) is 42.0 Å². The number of nitrogens with zero attached hydrogens (tertiary/aromatic N) is 2. The van der Waals surface area contributed by atoms with Crippen LogP contribution in [0.1, 0.15) is 31.2 Å². The third-order valence-corrected chi connectivity index (χ3v) is 4.44. The zero-order valence-corrected chi connectivity index (χ0v) is 12.1. The second kappa shape index (κ2) is 6.15. The molecule has 0 saturated heterocycles. The molecule has 1 aliphatic rings. The lowest BCUT2D eigenvalue weighted by Gasteiger charge is -2.31. The number of fused-ring (bicyclic) bond motifs is 1. The van der Waals surface area contributed by atoms with Crippen LogP contribution in [0.5, 0.6) is 0 Å². The summed E-state index contributed by atoms with van der Waals surface area (Å²) in [7, 11) is 0. The normalized spacial score (nSPS) is 15.2. The molecule has 2 aromatic rings. The first-order valence-corrected chi connectivity index (χ1v) is 7.64. The molecule has 0 aliphatic heterocycles. The molecular formula is C18H20N2O. The van der Waals surface area contributed by atoms with E-state index in [4.69, 9.17) is 0 Å². The summed E-state index contributed by atoms with van der Waals surface area (Å²) < 4.78 is 0. The second-order valence-corrected chi connectivity index (χ2v) is 5.64. The first-order chi connectivity index (χ1) is 10.3. The molecule has 0 amide bonds. The van der Waals surface area contributed by atoms with Crippen LogP contribution in [0.15, 0.2) is 36.4 Å². The van der Waals surface area contributed by atoms with Crippen molar-refractivity contribution in [3.8, 4) is 6.07 Å². The number of anilines is 1. The number of rotatable bonds is 4. The van der Waals surface area contributed by atoms with E-state index in [0.717, 1.165) is 16.5 Å². The highest BCUT2D eigenvalue weighted by molar-refractivity contribution is 5.98. The van der Waals surface area contributed by atoms with Gasteiger partial charge in [-0.15, -0.1) is 0 Å². The van der Waals surface area contributed by atoms with Crippen LogP contribution >= 0.6 is 0 Å². The monoisotopic (exact) mass is 280 g/mol. The van der Waals surface area contributed by atoms with E-state index in [1.54, 1.807) is 0 Å². The topological polar surface area (TPSA) is 47.3 Å². The fourth-order valence-corrected chi connectivity index (χ4v) is 3.45. The van der Waals surface area contributed by atoms with Gasteiger partial charge < -0.3 is 10.0 Å². The smallest absolute Gasteiger partial charge is 0.0998 e. The lowest BCUT2D eigenvalue weighted by atomic mass is 10.0. The standard InChI is InChI=1S/C18H20N2O/c19-13-14-9-10-18(17-8-4-3-7-16(14)17)20(11-12-21)15-5-1-2-6-15/h3-4,7-10,15,21H,1-2,5-6,11-12H2. The number of aliphatic hydroxyl groups excluding tert-OH is 1. The first-order valence-electron chi connectivity index (χ1n) is 7.64. The van der Waals surface area contributed by atoms with Crippen molar-refractivity contribution in [1.82, 2.24) is 0 Å². The maximum atomic E-state index is 9.44. The molecule has 3 rings (SSSR count). The predicted octanol–water partition coefficient (Wildman–Crippen LogP) is 3.45. The highest BCUT2D eigenvalue weighted by Gasteiger charge is 2.24. The summed E-state index contributed by atoms with van der Waals surface area (Å²) in [5.74, 6) is 0. The van der Waals surface area contributed by atoms with E-state index in [1.807, 2.05) is 30.3 Å². The van der Waals surface area contributed by atoms with Crippen LogP contribution in [0.4, 0.5) is 5.69 Å². The van der Waals surface area contributed by atoms with Crippen LogP contribution < -0.4 is 4.90 Å². The molecule has 1 N–H and O–H groups in total. The lowest BCUT2D eigenvalue weighted by molar-refractivity contribution is 0.297. The number of benzene rings is 2. The zero-order chi connectivity index (χ0) is 14.7. The molecule has 2 aromatic carbocycles. The van der Waals surface area contributed by atoms with Gasteiger partial charge in [-0.05, 0) is 25.0 Å². The quantitative estimate of drug-likeness (QED) is 0.933. The first kappa shape index (κ1) is 13.9. The van der Waals surface area contributed by atoms with Crippen molar-refractivity contribution in [3.63, 3.8) is 0 Å². The lowest BCUT2D eigenvalue weighted by Crippen LogP contribution is -2.35. The third kappa shape index (κ3) is 2.59. The Morgan fingerprint density at radius 2 is 1.81 bits per heavy atom. The van der Waals surface area contributed by atoms with Gasteiger partial charge in [-0.25, -0.2) is 0 Å². The van der Waals surface area contributed by atoms with E-state index < -0.39 is 0 Å². The predicted molar refractivity (Wildman–Crippen MR) is 85.4 cm³/mol. The van der Waals surface area contributed by atoms with E-state index in [2.05, 4.69) is 17.0 Å². The summed E-state index contributed by atoms with van der Waals surface area (Å²) in [5, 5.41) is 20.8. The maximum absolute atomic E-state index is 9.44. The summed E-state index contributed by atoms with van der Waals surface area (Å²) >= 11 is 0. The Kier molecular flexibility index (Phi) is 4.08. The second-order valence-electron chi connectivity index (χ2n) is 5.64. The molecule has 0 spiro atoms. The number of nitriles is 1. The van der Waals surface area contributed by atoms with Crippen LogP contribution in [-0.4, -0.2) is 24.3 Å². The zero-order valence-electron chi connectivity index (χ0n) is 12.1. The largest absolute Gasteiger partial charge is 0.395 e. The SMILES string of the molecule is N#Cc1ccc(N(CCO)C2CCCC2)c2ccccc12. The molecule has 0 bridgehead atoms. The van der Waals surface area contributed by atoms with Gasteiger partial charge in [-0.1, -0.05) is 37.1 Å². The molecule has 0 atom stereocenters. The maximum Gasteiger partial charge on any atom is 0.0998 e. The molecule has 1 aliphatic carbocycles. The van der Waals surface area contributed by atoms with Gasteiger partial charge >= 0.3 is 0 Å². The van der Waals surface area contributed by atoms with Crippen molar-refractivity contribution < 1.29 is 5.11 Å². The fraction of sp³-hybridized carbons (Fsp3) is 0.389. The average Bonchev–Trinajstić information content (AvgIpc) is 3.06. The van der Waals surface area contributed by atoms with Crippen LogP contribution in [-0.2, 0) is 0 Å². The minimum absolute atomic E-state index is 0.158. The molecule has 0 radical (unpaired) electrons. The Balaban J connectivity index is 2.11. The number of aliphatic hydroxyl groups is 1. The molecule has 1 saturated carbocycles. The summed E-state index contributed by atoms with van der Waals surface area (Å²) in [5.41, 5.74) is 1.86. The third-order valence-electron chi connectivity index (χ3n) is 4.44. The summed E-state index contributed by atoms with van der Waals surface area (Å²) in [4.78, 5) is 2.33. The molecule has 0 aromatic heterocycles. The molecule has 21 heavy (non-hydrogen) atoms. The van der Waals surface area contributed by atoms with Gasteiger partial charge in [0, 0.05) is 29.0 Å². The summed E-state index contributed by atoms with van der Waals surface area (Å²) in [6, 6.07) is 14.8. The Hall–Kier alpha value is -2.05. The molecule has 3 nitrogen and oxygen atoms in total. The summed E-state index contributed by atoms with van der Waals surface area (Å²) in [6.07, 6.45) is 4.91. The fourth-order valence-electron chi connectivity index (χ4n) is 3.45. The molecule has 108 valence electrons. The minimum atomic E-state index is 0.158. The number of hydrogen-bond donors (Lipinski definition) is 1. The van der Waals surface area contributed by atoms with E-state index in [-0.39, 0.29) is 6.61 Å². The summed E-state index contributed by atoms with van der Waals surface area (Å²) in [6.45, 7) is 0.811.